The van der Waals surface area contributed by atoms with Crippen LogP contribution in [0.25, 0.3) is 0 Å². The van der Waals surface area contributed by atoms with Crippen LogP contribution in [0, 0.1) is 0 Å². The first-order valence-electron chi connectivity index (χ1n) is 8.09. The molecule has 3 heteroatoms. The molecule has 1 unspecified atom stereocenters. The van der Waals surface area contributed by atoms with Crippen molar-refractivity contribution in [3.63, 3.8) is 0 Å². The highest BCUT2D eigenvalue weighted by atomic mass is 35.5. The summed E-state index contributed by atoms with van der Waals surface area (Å²) >= 11 is 0. The summed E-state index contributed by atoms with van der Waals surface area (Å²) in [6.07, 6.45) is 13.8. The van der Waals surface area contributed by atoms with Gasteiger partial charge in [0.05, 0.1) is 18.5 Å². The molecular weight excluding hydrogens is 275 g/mol. The number of unbranched alkanes of at least 4 members (excludes halogenated alkanes) is 3. The summed E-state index contributed by atoms with van der Waals surface area (Å²) in [6, 6.07) is 0. The van der Waals surface area contributed by atoms with Crippen molar-refractivity contribution in [3.8, 4) is 0 Å². The summed E-state index contributed by atoms with van der Waals surface area (Å²) in [5.41, 5.74) is 0. The van der Waals surface area contributed by atoms with Crippen LogP contribution >= 0.6 is 7.26 Å². The van der Waals surface area contributed by atoms with Gasteiger partial charge in [0.15, 0.2) is 5.85 Å². The highest BCUT2D eigenvalue weighted by Crippen LogP contribution is 2.65. The van der Waals surface area contributed by atoms with E-state index in [1.165, 1.54) is 63.4 Å². The van der Waals surface area contributed by atoms with E-state index in [0.717, 1.165) is 0 Å². The van der Waals surface area contributed by atoms with Crippen LogP contribution < -0.4 is 12.4 Å². The van der Waals surface area contributed by atoms with Crippen molar-refractivity contribution in [1.29, 1.82) is 0 Å². The number of methoxy groups -OCH3 is 1. The Hall–Kier alpha value is 0.680. The lowest BCUT2D eigenvalue weighted by molar-refractivity contribution is -0.00000456. The standard InChI is InChI=1S/C16H36OP.ClH/c1-6-10-13-18(14-11-7-2,15-12-8-3)16(9-4)17-5;/h16H,6-15H2,1-5H3;1H/q+1;/p-1. The Balaban J connectivity index is 0. The number of ether oxygens (including phenoxy) is 1. The van der Waals surface area contributed by atoms with Gasteiger partial charge < -0.3 is 17.1 Å². The predicted molar refractivity (Wildman–Crippen MR) is 87.3 cm³/mol. The summed E-state index contributed by atoms with van der Waals surface area (Å²) < 4.78 is 5.91. The van der Waals surface area contributed by atoms with Crippen LogP contribution in [0.4, 0.5) is 0 Å². The molecule has 0 bridgehead atoms. The fourth-order valence-electron chi connectivity index (χ4n) is 2.96. The van der Waals surface area contributed by atoms with Crippen molar-refractivity contribution in [2.45, 2.75) is 78.5 Å². The second kappa shape index (κ2) is 13.7. The van der Waals surface area contributed by atoms with Crippen molar-refractivity contribution >= 4 is 7.26 Å². The smallest absolute Gasteiger partial charge is 0.166 e. The Kier molecular flexibility index (Phi) is 15.8. The van der Waals surface area contributed by atoms with Gasteiger partial charge in [-0.25, -0.2) is 0 Å². The number of halogens is 1. The van der Waals surface area contributed by atoms with Gasteiger partial charge in [-0.3, -0.25) is 0 Å². The zero-order valence-electron chi connectivity index (χ0n) is 13.9. The van der Waals surface area contributed by atoms with E-state index in [1.54, 1.807) is 0 Å². The topological polar surface area (TPSA) is 9.23 Å². The molecule has 0 aliphatic rings. The average Bonchev–Trinajstić information content (AvgIpc) is 2.41. The largest absolute Gasteiger partial charge is 1.00 e. The summed E-state index contributed by atoms with van der Waals surface area (Å²) in [4.78, 5) is 0. The minimum Gasteiger partial charge on any atom is -1.00 e. The van der Waals surface area contributed by atoms with Crippen LogP contribution in [0.15, 0.2) is 0 Å². The normalized spacial score (nSPS) is 13.1. The maximum Gasteiger partial charge on any atom is 0.166 e. The van der Waals surface area contributed by atoms with E-state index >= 15 is 0 Å². The molecule has 0 amide bonds. The maximum absolute atomic E-state index is 5.91. The highest BCUT2D eigenvalue weighted by Gasteiger charge is 2.43. The number of hydrogen-bond acceptors (Lipinski definition) is 1. The Morgan fingerprint density at radius 1 is 0.789 bits per heavy atom. The minimum absolute atomic E-state index is 0. The quantitative estimate of drug-likeness (QED) is 0.504. The molecule has 0 N–H and O–H groups in total. The predicted octanol–water partition coefficient (Wildman–Crippen LogP) is 2.79. The van der Waals surface area contributed by atoms with Gasteiger partial charge in [-0.2, -0.15) is 0 Å². The van der Waals surface area contributed by atoms with Crippen molar-refractivity contribution in [1.82, 2.24) is 0 Å². The van der Waals surface area contributed by atoms with E-state index in [0.29, 0.717) is 5.85 Å². The third-order valence-corrected chi connectivity index (χ3v) is 9.52. The molecule has 0 radical (unpaired) electrons. The van der Waals surface area contributed by atoms with Gasteiger partial charge in [-0.15, -0.1) is 0 Å². The molecule has 0 aromatic heterocycles. The summed E-state index contributed by atoms with van der Waals surface area (Å²) in [5.74, 6) is 0.571. The molecule has 0 spiro atoms. The van der Waals surface area contributed by atoms with Crippen LogP contribution in [0.1, 0.15) is 72.6 Å². The molecule has 0 aliphatic heterocycles. The van der Waals surface area contributed by atoms with E-state index in [2.05, 4.69) is 27.7 Å². The average molecular weight is 311 g/mol. The second-order valence-electron chi connectivity index (χ2n) is 5.55. The molecule has 0 rings (SSSR count). The van der Waals surface area contributed by atoms with Crippen LogP contribution in [0.2, 0.25) is 0 Å². The molecule has 0 saturated carbocycles. The fraction of sp³-hybridized carbons (Fsp3) is 1.00. The molecule has 0 heterocycles. The molecule has 0 aromatic rings. The third-order valence-electron chi connectivity index (χ3n) is 4.10. The number of hydrogen-bond donors (Lipinski definition) is 0. The van der Waals surface area contributed by atoms with Crippen molar-refractivity contribution in [2.75, 3.05) is 25.6 Å². The minimum atomic E-state index is -0.878. The molecule has 0 fully saturated rings. The first-order valence-corrected chi connectivity index (χ1v) is 10.5. The maximum atomic E-state index is 5.91. The van der Waals surface area contributed by atoms with E-state index < -0.39 is 7.26 Å². The Morgan fingerprint density at radius 2 is 1.16 bits per heavy atom. The van der Waals surface area contributed by atoms with Crippen LogP contribution in [-0.4, -0.2) is 31.4 Å². The van der Waals surface area contributed by atoms with Gasteiger partial charge >= 0.3 is 0 Å². The van der Waals surface area contributed by atoms with Crippen molar-refractivity contribution < 1.29 is 17.1 Å². The molecule has 19 heavy (non-hydrogen) atoms. The van der Waals surface area contributed by atoms with Crippen LogP contribution in [-0.2, 0) is 4.74 Å². The monoisotopic (exact) mass is 310 g/mol. The summed E-state index contributed by atoms with van der Waals surface area (Å²) in [7, 11) is 1.06. The van der Waals surface area contributed by atoms with E-state index in [1.807, 2.05) is 7.11 Å². The van der Waals surface area contributed by atoms with Gasteiger partial charge in [0.2, 0.25) is 0 Å². The molecule has 1 nitrogen and oxygen atoms in total. The van der Waals surface area contributed by atoms with Gasteiger partial charge in [0, 0.05) is 20.8 Å². The molecule has 1 atom stereocenters. The van der Waals surface area contributed by atoms with Gasteiger partial charge in [-0.1, -0.05) is 47.0 Å². The molecule has 0 aromatic carbocycles. The van der Waals surface area contributed by atoms with E-state index in [-0.39, 0.29) is 12.4 Å². The third kappa shape index (κ3) is 7.88. The van der Waals surface area contributed by atoms with Crippen molar-refractivity contribution in [3.05, 3.63) is 0 Å². The summed E-state index contributed by atoms with van der Waals surface area (Å²) in [5, 5.41) is 0. The summed E-state index contributed by atoms with van der Waals surface area (Å²) in [6.45, 7) is 9.28. The highest BCUT2D eigenvalue weighted by molar-refractivity contribution is 7.76. The van der Waals surface area contributed by atoms with E-state index in [9.17, 15) is 0 Å². The van der Waals surface area contributed by atoms with E-state index in [4.69, 9.17) is 4.74 Å². The van der Waals surface area contributed by atoms with Gasteiger partial charge in [-0.05, 0) is 19.3 Å². The van der Waals surface area contributed by atoms with Gasteiger partial charge in [0.25, 0.3) is 0 Å². The second-order valence-corrected chi connectivity index (χ2v) is 9.90. The van der Waals surface area contributed by atoms with Crippen LogP contribution in [0.3, 0.4) is 0 Å². The Morgan fingerprint density at radius 3 is 1.37 bits per heavy atom. The lowest BCUT2D eigenvalue weighted by atomic mass is 10.4. The lowest BCUT2D eigenvalue weighted by Gasteiger charge is -2.34. The van der Waals surface area contributed by atoms with Crippen LogP contribution in [0.5, 0.6) is 0 Å². The Labute approximate surface area is 129 Å². The van der Waals surface area contributed by atoms with Crippen molar-refractivity contribution in [2.24, 2.45) is 0 Å². The molecule has 0 saturated heterocycles. The molecule has 118 valence electrons. The Bertz CT molecular complexity index is 162. The first-order chi connectivity index (χ1) is 8.70. The number of rotatable bonds is 12. The SMILES string of the molecule is CCCC[P+](CCCC)(CCCC)C(CC)OC.[Cl-]. The zero-order valence-corrected chi connectivity index (χ0v) is 15.5. The zero-order chi connectivity index (χ0) is 13.9. The lowest BCUT2D eigenvalue weighted by Crippen LogP contribution is -3.00. The molecular formula is C16H36ClOP. The fourth-order valence-corrected chi connectivity index (χ4v) is 8.56. The molecule has 0 aliphatic carbocycles. The first kappa shape index (κ1) is 22.0. The van der Waals surface area contributed by atoms with Gasteiger partial charge in [0.1, 0.15) is 0 Å².